The van der Waals surface area contributed by atoms with E-state index in [0.717, 1.165) is 12.8 Å². The van der Waals surface area contributed by atoms with Crippen molar-refractivity contribution >= 4 is 15.9 Å². The molecular weight excluding hydrogens is 318 g/mol. The SMILES string of the molecule is CCC[C@@H]1CN(S(C)(=O)=O)C[C@H]1NC(=O)c1ccn(C)c(=O)c1. The van der Waals surface area contributed by atoms with Crippen molar-refractivity contribution in [3.05, 3.63) is 34.2 Å². The summed E-state index contributed by atoms with van der Waals surface area (Å²) < 4.78 is 26.3. The molecular formula is C15H23N3O4S. The van der Waals surface area contributed by atoms with Gasteiger partial charge in [0.05, 0.1) is 6.26 Å². The summed E-state index contributed by atoms with van der Waals surface area (Å²) >= 11 is 0. The Morgan fingerprint density at radius 1 is 1.39 bits per heavy atom. The van der Waals surface area contributed by atoms with Crippen molar-refractivity contribution in [3.63, 3.8) is 0 Å². The molecule has 1 aromatic rings. The second kappa shape index (κ2) is 6.84. The van der Waals surface area contributed by atoms with E-state index in [2.05, 4.69) is 5.32 Å². The summed E-state index contributed by atoms with van der Waals surface area (Å²) in [7, 11) is -1.66. The van der Waals surface area contributed by atoms with Crippen molar-refractivity contribution in [2.75, 3.05) is 19.3 Å². The molecule has 0 saturated carbocycles. The molecule has 1 amide bonds. The molecule has 0 spiro atoms. The monoisotopic (exact) mass is 341 g/mol. The second-order valence-electron chi connectivity index (χ2n) is 6.07. The highest BCUT2D eigenvalue weighted by molar-refractivity contribution is 7.88. The molecule has 1 aromatic heterocycles. The zero-order valence-corrected chi connectivity index (χ0v) is 14.5. The van der Waals surface area contributed by atoms with Gasteiger partial charge in [-0.15, -0.1) is 0 Å². The van der Waals surface area contributed by atoms with E-state index in [0.29, 0.717) is 12.1 Å². The van der Waals surface area contributed by atoms with Crippen molar-refractivity contribution in [3.8, 4) is 0 Å². The van der Waals surface area contributed by atoms with Gasteiger partial charge in [-0.05, 0) is 18.4 Å². The van der Waals surface area contributed by atoms with Gasteiger partial charge in [-0.2, -0.15) is 4.31 Å². The first-order valence-electron chi connectivity index (χ1n) is 7.65. The van der Waals surface area contributed by atoms with E-state index in [4.69, 9.17) is 0 Å². The Balaban J connectivity index is 2.14. The highest BCUT2D eigenvalue weighted by Crippen LogP contribution is 2.24. The van der Waals surface area contributed by atoms with Gasteiger partial charge in [-0.3, -0.25) is 9.59 Å². The van der Waals surface area contributed by atoms with Crippen LogP contribution >= 0.6 is 0 Å². The van der Waals surface area contributed by atoms with Gasteiger partial charge in [0.15, 0.2) is 0 Å². The first kappa shape index (κ1) is 17.7. The van der Waals surface area contributed by atoms with E-state index >= 15 is 0 Å². The fourth-order valence-corrected chi connectivity index (χ4v) is 3.76. The average molecular weight is 341 g/mol. The van der Waals surface area contributed by atoms with E-state index in [1.807, 2.05) is 6.92 Å². The Hall–Kier alpha value is -1.67. The lowest BCUT2D eigenvalue weighted by Crippen LogP contribution is -2.41. The second-order valence-corrected chi connectivity index (χ2v) is 8.06. The third-order valence-corrected chi connectivity index (χ3v) is 5.46. The van der Waals surface area contributed by atoms with Gasteiger partial charge in [0, 0.05) is 44.0 Å². The molecule has 2 rings (SSSR count). The minimum Gasteiger partial charge on any atom is -0.348 e. The van der Waals surface area contributed by atoms with Crippen LogP contribution in [0.3, 0.4) is 0 Å². The first-order valence-corrected chi connectivity index (χ1v) is 9.50. The van der Waals surface area contributed by atoms with Crippen LogP contribution in [-0.4, -0.2) is 48.6 Å². The molecule has 1 fully saturated rings. The van der Waals surface area contributed by atoms with Gasteiger partial charge in [0.1, 0.15) is 0 Å². The van der Waals surface area contributed by atoms with Crippen LogP contribution < -0.4 is 10.9 Å². The molecule has 1 N–H and O–H groups in total. The molecule has 0 bridgehead atoms. The maximum absolute atomic E-state index is 12.3. The van der Waals surface area contributed by atoms with Gasteiger partial charge >= 0.3 is 0 Å². The van der Waals surface area contributed by atoms with Crippen LogP contribution in [0.2, 0.25) is 0 Å². The molecule has 0 aromatic carbocycles. The van der Waals surface area contributed by atoms with Gasteiger partial charge in [-0.1, -0.05) is 13.3 Å². The smallest absolute Gasteiger partial charge is 0.251 e. The van der Waals surface area contributed by atoms with E-state index in [9.17, 15) is 18.0 Å². The zero-order valence-electron chi connectivity index (χ0n) is 13.7. The van der Waals surface area contributed by atoms with E-state index < -0.39 is 10.0 Å². The Labute approximate surface area is 136 Å². The number of hydrogen-bond donors (Lipinski definition) is 1. The summed E-state index contributed by atoms with van der Waals surface area (Å²) in [6.45, 7) is 2.73. The standard InChI is InChI=1S/C15H23N3O4S/c1-4-5-12-9-18(23(3,21)22)10-13(12)16-15(20)11-6-7-17(2)14(19)8-11/h6-8,12-13H,4-5,9-10H2,1-3H3,(H,16,20)/t12-,13-/m1/s1. The molecule has 0 aliphatic carbocycles. The molecule has 128 valence electrons. The fourth-order valence-electron chi connectivity index (χ4n) is 2.87. The molecule has 2 heterocycles. The van der Waals surface area contributed by atoms with Crippen LogP contribution in [-0.2, 0) is 17.1 Å². The van der Waals surface area contributed by atoms with Gasteiger partial charge in [0.25, 0.3) is 11.5 Å². The van der Waals surface area contributed by atoms with E-state index in [1.54, 1.807) is 13.1 Å². The number of carbonyl (C=O) groups is 1. The Morgan fingerprint density at radius 3 is 2.65 bits per heavy atom. The quantitative estimate of drug-likeness (QED) is 0.827. The summed E-state index contributed by atoms with van der Waals surface area (Å²) in [6, 6.07) is 2.63. The largest absolute Gasteiger partial charge is 0.348 e. The Morgan fingerprint density at radius 2 is 2.09 bits per heavy atom. The van der Waals surface area contributed by atoms with Crippen molar-refractivity contribution < 1.29 is 13.2 Å². The number of nitrogens with zero attached hydrogens (tertiary/aromatic N) is 2. The lowest BCUT2D eigenvalue weighted by atomic mass is 9.98. The number of aromatic nitrogens is 1. The van der Waals surface area contributed by atoms with Crippen LogP contribution in [0, 0.1) is 5.92 Å². The lowest BCUT2D eigenvalue weighted by Gasteiger charge is -2.19. The van der Waals surface area contributed by atoms with E-state index in [1.165, 1.54) is 27.4 Å². The maximum Gasteiger partial charge on any atom is 0.251 e. The summed E-state index contributed by atoms with van der Waals surface area (Å²) in [5.74, 6) is -0.255. The molecule has 2 atom stereocenters. The van der Waals surface area contributed by atoms with E-state index in [-0.39, 0.29) is 30.0 Å². The van der Waals surface area contributed by atoms with Gasteiger partial charge in [0.2, 0.25) is 10.0 Å². The minimum atomic E-state index is -3.27. The van der Waals surface area contributed by atoms with Gasteiger partial charge < -0.3 is 9.88 Å². The number of pyridine rings is 1. The van der Waals surface area contributed by atoms with Crippen molar-refractivity contribution in [2.24, 2.45) is 13.0 Å². The number of nitrogens with one attached hydrogen (secondary N) is 1. The number of hydrogen-bond acceptors (Lipinski definition) is 4. The van der Waals surface area contributed by atoms with Crippen LogP contribution in [0.5, 0.6) is 0 Å². The van der Waals surface area contributed by atoms with Crippen molar-refractivity contribution in [2.45, 2.75) is 25.8 Å². The molecule has 23 heavy (non-hydrogen) atoms. The topological polar surface area (TPSA) is 88.5 Å². The lowest BCUT2D eigenvalue weighted by molar-refractivity contribution is 0.0929. The van der Waals surface area contributed by atoms with Gasteiger partial charge in [-0.25, -0.2) is 8.42 Å². The Bertz CT molecular complexity index is 741. The summed E-state index contributed by atoms with van der Waals surface area (Å²) in [6.07, 6.45) is 4.48. The van der Waals surface area contributed by atoms with Crippen LogP contribution in [0.25, 0.3) is 0 Å². The van der Waals surface area contributed by atoms with Crippen LogP contribution in [0.4, 0.5) is 0 Å². The minimum absolute atomic E-state index is 0.0882. The highest BCUT2D eigenvalue weighted by atomic mass is 32.2. The van der Waals surface area contributed by atoms with Crippen molar-refractivity contribution in [1.82, 2.24) is 14.2 Å². The molecule has 1 aliphatic rings. The maximum atomic E-state index is 12.3. The molecule has 0 unspecified atom stereocenters. The molecule has 0 radical (unpaired) electrons. The number of sulfonamides is 1. The predicted molar refractivity (Wildman–Crippen MR) is 87.8 cm³/mol. The molecule has 1 aliphatic heterocycles. The fraction of sp³-hybridized carbons (Fsp3) is 0.600. The normalized spacial score (nSPS) is 22.2. The summed E-state index contributed by atoms with van der Waals surface area (Å²) in [4.78, 5) is 24.0. The Kier molecular flexibility index (Phi) is 5.26. The third kappa shape index (κ3) is 4.20. The number of carbonyl (C=O) groups excluding carboxylic acids is 1. The summed E-state index contributed by atoms with van der Waals surface area (Å²) in [5, 5.41) is 2.89. The molecule has 1 saturated heterocycles. The zero-order chi connectivity index (χ0) is 17.2. The average Bonchev–Trinajstić information content (AvgIpc) is 2.85. The highest BCUT2D eigenvalue weighted by Gasteiger charge is 2.37. The van der Waals surface area contributed by atoms with Crippen LogP contribution in [0.1, 0.15) is 30.1 Å². The third-order valence-electron chi connectivity index (χ3n) is 4.22. The molecule has 7 nitrogen and oxygen atoms in total. The first-order chi connectivity index (χ1) is 10.7. The van der Waals surface area contributed by atoms with Crippen molar-refractivity contribution in [1.29, 1.82) is 0 Å². The summed E-state index contributed by atoms with van der Waals surface area (Å²) in [5.41, 5.74) is 0.0353. The van der Waals surface area contributed by atoms with Crippen LogP contribution in [0.15, 0.2) is 23.1 Å². The number of amides is 1. The number of aryl methyl sites for hydroxylation is 1. The molecule has 8 heteroatoms. The predicted octanol–water partition coefficient (Wildman–Crippen LogP) is 0.175. The number of rotatable bonds is 5.